The number of benzene rings is 1. The van der Waals surface area contributed by atoms with E-state index < -0.39 is 17.7 Å². The molecule has 0 spiro atoms. The van der Waals surface area contributed by atoms with Crippen LogP contribution in [0.5, 0.6) is 0 Å². The van der Waals surface area contributed by atoms with Crippen molar-refractivity contribution in [1.29, 1.82) is 0 Å². The van der Waals surface area contributed by atoms with Gasteiger partial charge in [-0.25, -0.2) is 24.3 Å². The zero-order chi connectivity index (χ0) is 23.2. The smallest absolute Gasteiger partial charge is 0.364 e. The highest BCUT2D eigenvalue weighted by molar-refractivity contribution is 6.00. The maximum atomic E-state index is 14.0. The van der Waals surface area contributed by atoms with Crippen molar-refractivity contribution in [2.45, 2.75) is 31.1 Å². The second kappa shape index (κ2) is 8.05. The Bertz CT molecular complexity index is 1170. The number of hydrogen-bond acceptors (Lipinski definition) is 6. The minimum Gasteiger partial charge on any atom is -0.364 e. The summed E-state index contributed by atoms with van der Waals surface area (Å²) in [7, 11) is 0. The number of hydrogen-bond donors (Lipinski definition) is 1. The molecular weight excluding hydrogens is 440 g/mol. The van der Waals surface area contributed by atoms with Crippen LogP contribution in [0.2, 0.25) is 0 Å². The standard InChI is InChI=1S/C22H18F4N6O/c23-13-2-3-14(15(8-13)20-27-4-1-5-28-20)21(33)32-11-12-6-16(17(32)7-12)31-19-10-29-18(9-30-19)22(24,25)26/h1-5,8-10,12,16-17H,6-7,11H2,(H,30,31)/t12-,16?,17?/m0/s1. The quantitative estimate of drug-likeness (QED) is 0.599. The molecule has 33 heavy (non-hydrogen) atoms. The second-order valence-electron chi connectivity index (χ2n) is 8.16. The molecule has 1 aliphatic carbocycles. The van der Waals surface area contributed by atoms with Crippen molar-refractivity contribution in [3.8, 4) is 11.4 Å². The normalized spacial score (nSPS) is 21.9. The van der Waals surface area contributed by atoms with E-state index in [1.807, 2.05) is 0 Å². The van der Waals surface area contributed by atoms with E-state index in [2.05, 4.69) is 25.3 Å². The number of carbonyl (C=O) groups excluding carboxylic acids is 1. The number of aromatic nitrogens is 4. The first-order valence-corrected chi connectivity index (χ1v) is 10.3. The highest BCUT2D eigenvalue weighted by Gasteiger charge is 2.47. The molecule has 3 atom stereocenters. The second-order valence-corrected chi connectivity index (χ2v) is 8.16. The molecule has 1 aliphatic heterocycles. The Morgan fingerprint density at radius 3 is 2.52 bits per heavy atom. The molecule has 2 aromatic heterocycles. The molecule has 1 aromatic carbocycles. The van der Waals surface area contributed by atoms with Gasteiger partial charge in [0.1, 0.15) is 11.6 Å². The van der Waals surface area contributed by atoms with Gasteiger partial charge >= 0.3 is 6.18 Å². The molecule has 2 aliphatic rings. The Morgan fingerprint density at radius 2 is 1.85 bits per heavy atom. The van der Waals surface area contributed by atoms with Crippen molar-refractivity contribution in [1.82, 2.24) is 24.8 Å². The van der Waals surface area contributed by atoms with Gasteiger partial charge < -0.3 is 10.2 Å². The van der Waals surface area contributed by atoms with E-state index in [9.17, 15) is 22.4 Å². The highest BCUT2D eigenvalue weighted by atomic mass is 19.4. The largest absolute Gasteiger partial charge is 0.434 e. The number of rotatable bonds is 4. The lowest BCUT2D eigenvalue weighted by atomic mass is 10.0. The van der Waals surface area contributed by atoms with Crippen LogP contribution >= 0.6 is 0 Å². The number of fused-ring (bicyclic) bond motifs is 2. The monoisotopic (exact) mass is 458 g/mol. The molecule has 5 rings (SSSR count). The zero-order valence-electron chi connectivity index (χ0n) is 17.1. The summed E-state index contributed by atoms with van der Waals surface area (Å²) in [4.78, 5) is 30.7. The van der Waals surface area contributed by atoms with Crippen LogP contribution in [0.4, 0.5) is 23.4 Å². The first kappa shape index (κ1) is 21.2. The van der Waals surface area contributed by atoms with Gasteiger partial charge in [0.05, 0.1) is 24.0 Å². The van der Waals surface area contributed by atoms with Crippen molar-refractivity contribution in [3.05, 3.63) is 66.1 Å². The number of alkyl halides is 3. The summed E-state index contributed by atoms with van der Waals surface area (Å²) in [5.41, 5.74) is -0.463. The first-order chi connectivity index (χ1) is 15.8. The Morgan fingerprint density at radius 1 is 1.06 bits per heavy atom. The topological polar surface area (TPSA) is 83.9 Å². The van der Waals surface area contributed by atoms with Crippen LogP contribution in [0.1, 0.15) is 28.9 Å². The van der Waals surface area contributed by atoms with E-state index in [0.717, 1.165) is 19.0 Å². The Kier molecular flexibility index (Phi) is 5.18. The summed E-state index contributed by atoms with van der Waals surface area (Å²) < 4.78 is 52.1. The minimum absolute atomic E-state index is 0.179. The fourth-order valence-corrected chi connectivity index (χ4v) is 4.63. The van der Waals surface area contributed by atoms with E-state index in [1.165, 1.54) is 30.6 Å². The van der Waals surface area contributed by atoms with Gasteiger partial charge in [-0.2, -0.15) is 13.2 Å². The number of likely N-dealkylation sites (tertiary alicyclic amines) is 1. The van der Waals surface area contributed by atoms with Crippen LogP contribution < -0.4 is 5.32 Å². The minimum atomic E-state index is -4.56. The number of carbonyl (C=O) groups is 1. The SMILES string of the molecule is O=C(c1ccc(F)cc1-c1ncccn1)N1C[C@H]2CC(Nc3cnc(C(F)(F)F)cn3)C1C2. The average molecular weight is 458 g/mol. The van der Waals surface area contributed by atoms with Gasteiger partial charge in [-0.1, -0.05) is 0 Å². The average Bonchev–Trinajstić information content (AvgIpc) is 3.40. The van der Waals surface area contributed by atoms with Crippen LogP contribution in [-0.4, -0.2) is 49.4 Å². The predicted molar refractivity (Wildman–Crippen MR) is 109 cm³/mol. The molecular formula is C22H18F4N6O. The summed E-state index contributed by atoms with van der Waals surface area (Å²) >= 11 is 0. The number of anilines is 1. The fourth-order valence-electron chi connectivity index (χ4n) is 4.63. The molecule has 0 radical (unpaired) electrons. The van der Waals surface area contributed by atoms with Crippen molar-refractivity contribution < 1.29 is 22.4 Å². The third kappa shape index (κ3) is 4.10. The van der Waals surface area contributed by atoms with Gasteiger partial charge in [0, 0.05) is 30.5 Å². The predicted octanol–water partition coefficient (Wildman–Crippen LogP) is 3.81. The Labute approximate surface area is 185 Å². The lowest BCUT2D eigenvalue weighted by Gasteiger charge is -2.34. The summed E-state index contributed by atoms with van der Waals surface area (Å²) in [6.45, 7) is 0.548. The van der Waals surface area contributed by atoms with Crippen LogP contribution in [0, 0.1) is 11.7 Å². The van der Waals surface area contributed by atoms with Crippen LogP contribution in [0.25, 0.3) is 11.4 Å². The number of halogens is 4. The molecule has 1 N–H and O–H groups in total. The summed E-state index contributed by atoms with van der Waals surface area (Å²) in [5, 5.41) is 3.12. The van der Waals surface area contributed by atoms with Crippen molar-refractivity contribution in [3.63, 3.8) is 0 Å². The highest BCUT2D eigenvalue weighted by Crippen LogP contribution is 2.40. The number of nitrogens with one attached hydrogen (secondary N) is 1. The van der Waals surface area contributed by atoms with E-state index in [4.69, 9.17) is 0 Å². The Hall–Kier alpha value is -3.63. The molecule has 1 saturated carbocycles. The van der Waals surface area contributed by atoms with Crippen LogP contribution in [-0.2, 0) is 6.18 Å². The van der Waals surface area contributed by atoms with E-state index in [0.29, 0.717) is 23.9 Å². The first-order valence-electron chi connectivity index (χ1n) is 10.3. The summed E-state index contributed by atoms with van der Waals surface area (Å²) in [6, 6.07) is 5.16. The zero-order valence-corrected chi connectivity index (χ0v) is 17.1. The lowest BCUT2D eigenvalue weighted by Crippen LogP contribution is -2.48. The molecule has 7 nitrogen and oxygen atoms in total. The third-order valence-electron chi connectivity index (χ3n) is 6.04. The van der Waals surface area contributed by atoms with Crippen molar-refractivity contribution >= 4 is 11.7 Å². The molecule has 3 aromatic rings. The molecule has 11 heteroatoms. The maximum Gasteiger partial charge on any atom is 0.434 e. The van der Waals surface area contributed by atoms with Crippen LogP contribution in [0.3, 0.4) is 0 Å². The van der Waals surface area contributed by atoms with Gasteiger partial charge in [0.25, 0.3) is 5.91 Å². The number of amides is 1. The van der Waals surface area contributed by atoms with Gasteiger partial charge in [-0.05, 0) is 43.0 Å². The molecule has 2 fully saturated rings. The summed E-state index contributed by atoms with van der Waals surface area (Å²) in [5.74, 6) is -0.0597. The number of piperidine rings is 1. The van der Waals surface area contributed by atoms with Gasteiger partial charge in [0.2, 0.25) is 0 Å². The van der Waals surface area contributed by atoms with E-state index in [1.54, 1.807) is 11.0 Å². The molecule has 1 saturated heterocycles. The van der Waals surface area contributed by atoms with E-state index in [-0.39, 0.29) is 35.6 Å². The van der Waals surface area contributed by atoms with Crippen molar-refractivity contribution in [2.24, 2.45) is 5.92 Å². The van der Waals surface area contributed by atoms with Crippen LogP contribution in [0.15, 0.2) is 49.1 Å². The molecule has 2 unspecified atom stereocenters. The van der Waals surface area contributed by atoms with Gasteiger partial charge in [-0.15, -0.1) is 0 Å². The maximum absolute atomic E-state index is 14.0. The molecule has 1 amide bonds. The van der Waals surface area contributed by atoms with E-state index >= 15 is 0 Å². The van der Waals surface area contributed by atoms with Gasteiger partial charge in [0.15, 0.2) is 11.5 Å². The third-order valence-corrected chi connectivity index (χ3v) is 6.04. The number of nitrogens with zero attached hydrogens (tertiary/aromatic N) is 5. The van der Waals surface area contributed by atoms with Gasteiger partial charge in [-0.3, -0.25) is 4.79 Å². The fraction of sp³-hybridized carbons (Fsp3) is 0.318. The molecule has 3 heterocycles. The summed E-state index contributed by atoms with van der Waals surface area (Å²) in [6.07, 6.45) is 1.73. The molecule has 170 valence electrons. The molecule has 2 bridgehead atoms. The lowest BCUT2D eigenvalue weighted by molar-refractivity contribution is -0.141. The Balaban J connectivity index is 1.37. The van der Waals surface area contributed by atoms with Crippen molar-refractivity contribution in [2.75, 3.05) is 11.9 Å².